The van der Waals surface area contributed by atoms with Gasteiger partial charge in [-0.25, -0.2) is 13.8 Å². The van der Waals surface area contributed by atoms with Crippen molar-refractivity contribution in [3.05, 3.63) is 29.1 Å². The third-order valence-electron chi connectivity index (χ3n) is 1.31. The summed E-state index contributed by atoms with van der Waals surface area (Å²) in [6, 6.07) is 1.51. The van der Waals surface area contributed by atoms with E-state index in [4.69, 9.17) is 5.26 Å². The van der Waals surface area contributed by atoms with E-state index in [9.17, 15) is 8.78 Å². The highest BCUT2D eigenvalue weighted by Gasteiger charge is 2.09. The SMILES string of the molecule is CC.Cc1c(F)cnc(C#N)c1F. The fourth-order valence-corrected chi connectivity index (χ4v) is 0.635. The topological polar surface area (TPSA) is 36.7 Å². The number of hydrogen-bond donors (Lipinski definition) is 0. The number of halogens is 2. The second kappa shape index (κ2) is 5.20. The molecule has 0 N–H and O–H groups in total. The monoisotopic (exact) mass is 184 g/mol. The number of nitrogens with zero attached hydrogens (tertiary/aromatic N) is 2. The van der Waals surface area contributed by atoms with Crippen LogP contribution in [0.4, 0.5) is 8.78 Å². The molecule has 0 fully saturated rings. The second-order valence-corrected chi connectivity index (χ2v) is 2.01. The highest BCUT2D eigenvalue weighted by Crippen LogP contribution is 2.11. The van der Waals surface area contributed by atoms with Crippen molar-refractivity contribution in [2.75, 3.05) is 0 Å². The minimum absolute atomic E-state index is 0.170. The van der Waals surface area contributed by atoms with Crippen LogP contribution in [0.15, 0.2) is 6.20 Å². The lowest BCUT2D eigenvalue weighted by atomic mass is 10.2. The van der Waals surface area contributed by atoms with Gasteiger partial charge in [-0.05, 0) is 6.92 Å². The van der Waals surface area contributed by atoms with Gasteiger partial charge < -0.3 is 0 Å². The number of rotatable bonds is 0. The summed E-state index contributed by atoms with van der Waals surface area (Å²) in [6.07, 6.45) is 0.830. The summed E-state index contributed by atoms with van der Waals surface area (Å²) in [7, 11) is 0. The fourth-order valence-electron chi connectivity index (χ4n) is 0.635. The number of hydrogen-bond acceptors (Lipinski definition) is 2. The largest absolute Gasteiger partial charge is 0.240 e. The molecule has 2 nitrogen and oxygen atoms in total. The minimum atomic E-state index is -0.882. The van der Waals surface area contributed by atoms with Crippen LogP contribution >= 0.6 is 0 Å². The predicted molar refractivity (Wildman–Crippen MR) is 45.0 cm³/mol. The molecule has 0 saturated carbocycles. The molecule has 4 heteroatoms. The molecule has 0 unspecified atom stereocenters. The van der Waals surface area contributed by atoms with Gasteiger partial charge >= 0.3 is 0 Å². The van der Waals surface area contributed by atoms with Gasteiger partial charge in [0.15, 0.2) is 11.5 Å². The van der Waals surface area contributed by atoms with Gasteiger partial charge in [0.05, 0.1) is 6.20 Å². The first-order valence-electron chi connectivity index (χ1n) is 3.87. The lowest BCUT2D eigenvalue weighted by Gasteiger charge is -1.97. The van der Waals surface area contributed by atoms with Crippen molar-refractivity contribution < 1.29 is 8.78 Å². The number of nitriles is 1. The summed E-state index contributed by atoms with van der Waals surface area (Å²) in [5, 5.41) is 8.26. The van der Waals surface area contributed by atoms with Gasteiger partial charge in [0, 0.05) is 5.56 Å². The highest BCUT2D eigenvalue weighted by atomic mass is 19.1. The molecule has 13 heavy (non-hydrogen) atoms. The standard InChI is InChI=1S/C7H4F2N2.C2H6/c1-4-5(8)3-11-6(2-10)7(4)9;1-2/h3H,1H3;1-2H3. The average molecular weight is 184 g/mol. The van der Waals surface area contributed by atoms with Crippen LogP contribution in [0.5, 0.6) is 0 Å². The van der Waals surface area contributed by atoms with Gasteiger partial charge in [-0.15, -0.1) is 0 Å². The Morgan fingerprint density at radius 2 is 1.92 bits per heavy atom. The van der Waals surface area contributed by atoms with Gasteiger partial charge in [-0.1, -0.05) is 13.8 Å². The van der Waals surface area contributed by atoms with Crippen LogP contribution in [-0.4, -0.2) is 4.98 Å². The highest BCUT2D eigenvalue weighted by molar-refractivity contribution is 5.27. The fraction of sp³-hybridized carbons (Fsp3) is 0.333. The summed E-state index contributed by atoms with van der Waals surface area (Å²) >= 11 is 0. The van der Waals surface area contributed by atoms with Crippen molar-refractivity contribution in [3.8, 4) is 6.07 Å². The van der Waals surface area contributed by atoms with E-state index in [-0.39, 0.29) is 11.3 Å². The van der Waals surface area contributed by atoms with E-state index >= 15 is 0 Å². The lowest BCUT2D eigenvalue weighted by Crippen LogP contribution is -1.96. The van der Waals surface area contributed by atoms with E-state index in [1.165, 1.54) is 13.0 Å². The van der Waals surface area contributed by atoms with Crippen molar-refractivity contribution in [2.45, 2.75) is 20.8 Å². The molecule has 0 aliphatic carbocycles. The zero-order valence-corrected chi connectivity index (χ0v) is 7.73. The Balaban J connectivity index is 0.000000671. The molecule has 1 aromatic heterocycles. The molecule has 0 aliphatic heterocycles. The molecule has 0 radical (unpaired) electrons. The normalized spacial score (nSPS) is 8.31. The first-order valence-corrected chi connectivity index (χ1v) is 3.87. The molecule has 0 saturated heterocycles. The van der Waals surface area contributed by atoms with Crippen LogP contribution < -0.4 is 0 Å². The van der Waals surface area contributed by atoms with E-state index < -0.39 is 11.6 Å². The Hall–Kier alpha value is -1.50. The van der Waals surface area contributed by atoms with Crippen LogP contribution in [0.2, 0.25) is 0 Å². The zero-order chi connectivity index (χ0) is 10.4. The minimum Gasteiger partial charge on any atom is -0.240 e. The van der Waals surface area contributed by atoms with Crippen LogP contribution in [-0.2, 0) is 0 Å². The van der Waals surface area contributed by atoms with E-state index in [0.717, 1.165) is 6.20 Å². The third kappa shape index (κ3) is 2.48. The Kier molecular flexibility index (Phi) is 4.60. The molecule has 0 spiro atoms. The van der Waals surface area contributed by atoms with E-state index in [1.807, 2.05) is 13.8 Å². The van der Waals surface area contributed by atoms with Gasteiger partial charge in [0.1, 0.15) is 11.9 Å². The van der Waals surface area contributed by atoms with Crippen molar-refractivity contribution in [3.63, 3.8) is 0 Å². The average Bonchev–Trinajstić information content (AvgIpc) is 2.18. The van der Waals surface area contributed by atoms with E-state index in [2.05, 4.69) is 4.98 Å². The summed E-state index contributed by atoms with van der Waals surface area (Å²) in [5.41, 5.74) is -0.541. The predicted octanol–water partition coefficient (Wildman–Crippen LogP) is 2.57. The summed E-state index contributed by atoms with van der Waals surface area (Å²) in [5.74, 6) is -1.62. The summed E-state index contributed by atoms with van der Waals surface area (Å²) < 4.78 is 25.2. The molecule has 0 aliphatic rings. The lowest BCUT2D eigenvalue weighted by molar-refractivity contribution is 0.555. The summed E-state index contributed by atoms with van der Waals surface area (Å²) in [6.45, 7) is 5.26. The molecule has 1 rings (SSSR count). The maximum absolute atomic E-state index is 12.7. The quantitative estimate of drug-likeness (QED) is 0.621. The maximum Gasteiger partial charge on any atom is 0.176 e. The molecular formula is C9H10F2N2. The molecule has 0 bridgehead atoms. The maximum atomic E-state index is 12.7. The third-order valence-corrected chi connectivity index (χ3v) is 1.31. The first-order chi connectivity index (χ1) is 6.16. The van der Waals surface area contributed by atoms with E-state index in [1.54, 1.807) is 0 Å². The Labute approximate surface area is 75.8 Å². The molecular weight excluding hydrogens is 174 g/mol. The van der Waals surface area contributed by atoms with Crippen molar-refractivity contribution >= 4 is 0 Å². The van der Waals surface area contributed by atoms with Crippen LogP contribution in [0.25, 0.3) is 0 Å². The Bertz CT molecular complexity index is 329. The van der Waals surface area contributed by atoms with Crippen LogP contribution in [0, 0.1) is 29.9 Å². The Morgan fingerprint density at radius 1 is 1.38 bits per heavy atom. The molecule has 0 atom stereocenters. The molecule has 1 aromatic rings. The molecule has 1 heterocycles. The first kappa shape index (κ1) is 11.5. The zero-order valence-electron chi connectivity index (χ0n) is 7.73. The summed E-state index contributed by atoms with van der Waals surface area (Å²) in [4.78, 5) is 3.25. The number of aromatic nitrogens is 1. The van der Waals surface area contributed by atoms with Gasteiger partial charge in [-0.3, -0.25) is 0 Å². The number of pyridine rings is 1. The van der Waals surface area contributed by atoms with Crippen molar-refractivity contribution in [1.82, 2.24) is 4.98 Å². The second-order valence-electron chi connectivity index (χ2n) is 2.01. The van der Waals surface area contributed by atoms with E-state index in [0.29, 0.717) is 0 Å². The van der Waals surface area contributed by atoms with Gasteiger partial charge in [0.25, 0.3) is 0 Å². The smallest absolute Gasteiger partial charge is 0.176 e. The Morgan fingerprint density at radius 3 is 2.38 bits per heavy atom. The van der Waals surface area contributed by atoms with Gasteiger partial charge in [-0.2, -0.15) is 5.26 Å². The molecule has 0 amide bonds. The van der Waals surface area contributed by atoms with Crippen LogP contribution in [0.1, 0.15) is 25.1 Å². The molecule has 70 valence electrons. The molecule has 0 aromatic carbocycles. The van der Waals surface area contributed by atoms with Crippen molar-refractivity contribution in [2.24, 2.45) is 0 Å². The van der Waals surface area contributed by atoms with Crippen LogP contribution in [0.3, 0.4) is 0 Å². The van der Waals surface area contributed by atoms with Gasteiger partial charge in [0.2, 0.25) is 0 Å². The van der Waals surface area contributed by atoms with Crippen molar-refractivity contribution in [1.29, 1.82) is 5.26 Å².